The minimum Gasteiger partial charge on any atom is -0.423 e. The van der Waals surface area contributed by atoms with Gasteiger partial charge in [0.1, 0.15) is 5.75 Å². The summed E-state index contributed by atoms with van der Waals surface area (Å²) in [4.78, 5) is 17.8. The van der Waals surface area contributed by atoms with Gasteiger partial charge in [0.15, 0.2) is 0 Å². The molecule has 0 radical (unpaired) electrons. The van der Waals surface area contributed by atoms with E-state index >= 15 is 0 Å². The van der Waals surface area contributed by atoms with E-state index in [-0.39, 0.29) is 5.41 Å². The summed E-state index contributed by atoms with van der Waals surface area (Å²) in [6.07, 6.45) is 0. The van der Waals surface area contributed by atoms with Crippen molar-refractivity contribution in [2.75, 3.05) is 0 Å². The van der Waals surface area contributed by atoms with Gasteiger partial charge in [0.25, 0.3) is 0 Å². The zero-order valence-corrected chi connectivity index (χ0v) is 18.7. The van der Waals surface area contributed by atoms with E-state index in [1.54, 1.807) is 6.07 Å². The van der Waals surface area contributed by atoms with Crippen molar-refractivity contribution in [1.82, 2.24) is 4.98 Å². The van der Waals surface area contributed by atoms with Crippen LogP contribution in [0.5, 0.6) is 5.75 Å². The maximum absolute atomic E-state index is 13.1. The van der Waals surface area contributed by atoms with Gasteiger partial charge in [-0.05, 0) is 47.4 Å². The van der Waals surface area contributed by atoms with Crippen LogP contribution in [0.2, 0.25) is 0 Å². The first-order valence-electron chi connectivity index (χ1n) is 9.80. The van der Waals surface area contributed by atoms with Gasteiger partial charge in [0, 0.05) is 15.4 Å². The van der Waals surface area contributed by atoms with Crippen LogP contribution >= 0.6 is 15.9 Å². The van der Waals surface area contributed by atoms with Gasteiger partial charge in [-0.3, -0.25) is 0 Å². The summed E-state index contributed by atoms with van der Waals surface area (Å²) in [5.74, 6) is 0.134. The second-order valence-corrected chi connectivity index (χ2v) is 9.16. The summed E-state index contributed by atoms with van der Waals surface area (Å²) in [6, 6.07) is 25.0. The third kappa shape index (κ3) is 4.29. The van der Waals surface area contributed by atoms with Crippen molar-refractivity contribution in [1.29, 1.82) is 0 Å². The standard InChI is InChI=1S/C26H22BrNO2/c1-26(2,3)18-10-14-20(15-11-18)30-25(29)22-16-24(17-8-12-19(27)13-9-17)28-23-7-5-4-6-21(22)23/h4-16H,1-3H3. The van der Waals surface area contributed by atoms with Crippen molar-refractivity contribution in [3.05, 3.63) is 94.5 Å². The van der Waals surface area contributed by atoms with Gasteiger partial charge in [-0.1, -0.05) is 79.2 Å². The number of benzene rings is 3. The number of hydrogen-bond donors (Lipinski definition) is 0. The van der Waals surface area contributed by atoms with Gasteiger partial charge >= 0.3 is 5.97 Å². The Bertz CT molecular complexity index is 1210. The Morgan fingerprint density at radius 2 is 1.57 bits per heavy atom. The molecule has 30 heavy (non-hydrogen) atoms. The number of halogens is 1. The van der Waals surface area contributed by atoms with Gasteiger partial charge in [-0.15, -0.1) is 0 Å². The monoisotopic (exact) mass is 459 g/mol. The normalized spacial score (nSPS) is 11.5. The van der Waals surface area contributed by atoms with Crippen LogP contribution in [0.1, 0.15) is 36.7 Å². The molecule has 0 bridgehead atoms. The first kappa shape index (κ1) is 20.3. The number of para-hydroxylation sites is 1. The molecule has 0 spiro atoms. The predicted molar refractivity (Wildman–Crippen MR) is 125 cm³/mol. The Balaban J connectivity index is 1.71. The molecule has 4 rings (SSSR count). The number of ether oxygens (including phenoxy) is 1. The number of hydrogen-bond acceptors (Lipinski definition) is 3. The van der Waals surface area contributed by atoms with Crippen LogP contribution in [0, 0.1) is 0 Å². The highest BCUT2D eigenvalue weighted by Gasteiger charge is 2.17. The van der Waals surface area contributed by atoms with Crippen LogP contribution in [-0.4, -0.2) is 11.0 Å². The Kier molecular flexibility index (Phi) is 5.44. The Morgan fingerprint density at radius 1 is 0.900 bits per heavy atom. The minimum atomic E-state index is -0.393. The molecule has 3 nitrogen and oxygen atoms in total. The van der Waals surface area contributed by atoms with Crippen LogP contribution in [0.4, 0.5) is 0 Å². The molecule has 0 unspecified atom stereocenters. The molecule has 0 aliphatic rings. The average molecular weight is 460 g/mol. The molecule has 0 atom stereocenters. The molecule has 150 valence electrons. The van der Waals surface area contributed by atoms with Gasteiger partial charge < -0.3 is 4.74 Å². The maximum Gasteiger partial charge on any atom is 0.344 e. The van der Waals surface area contributed by atoms with E-state index in [2.05, 4.69) is 36.7 Å². The lowest BCUT2D eigenvalue weighted by Gasteiger charge is -2.19. The molecule has 0 fully saturated rings. The number of esters is 1. The van der Waals surface area contributed by atoms with Crippen molar-refractivity contribution in [3.63, 3.8) is 0 Å². The SMILES string of the molecule is CC(C)(C)c1ccc(OC(=O)c2cc(-c3ccc(Br)cc3)nc3ccccc23)cc1. The molecule has 0 aliphatic carbocycles. The van der Waals surface area contributed by atoms with E-state index in [4.69, 9.17) is 9.72 Å². The highest BCUT2D eigenvalue weighted by molar-refractivity contribution is 9.10. The number of carbonyl (C=O) groups is 1. The smallest absolute Gasteiger partial charge is 0.344 e. The van der Waals surface area contributed by atoms with E-state index in [9.17, 15) is 4.79 Å². The quantitative estimate of drug-likeness (QED) is 0.240. The van der Waals surface area contributed by atoms with Crippen molar-refractivity contribution >= 4 is 32.8 Å². The number of aromatic nitrogens is 1. The largest absolute Gasteiger partial charge is 0.423 e. The average Bonchev–Trinajstić information content (AvgIpc) is 2.73. The van der Waals surface area contributed by atoms with Crippen LogP contribution in [0.15, 0.2) is 83.3 Å². The van der Waals surface area contributed by atoms with E-state index < -0.39 is 5.97 Å². The highest BCUT2D eigenvalue weighted by atomic mass is 79.9. The lowest BCUT2D eigenvalue weighted by molar-refractivity contribution is 0.0737. The summed E-state index contributed by atoms with van der Waals surface area (Å²) < 4.78 is 6.70. The van der Waals surface area contributed by atoms with Crippen molar-refractivity contribution < 1.29 is 9.53 Å². The summed E-state index contributed by atoms with van der Waals surface area (Å²) >= 11 is 3.46. The fourth-order valence-electron chi connectivity index (χ4n) is 3.30. The molecule has 0 saturated carbocycles. The molecule has 1 heterocycles. The zero-order valence-electron chi connectivity index (χ0n) is 17.1. The summed E-state index contributed by atoms with van der Waals surface area (Å²) in [7, 11) is 0. The van der Waals surface area contributed by atoms with Gasteiger partial charge in [-0.25, -0.2) is 9.78 Å². The fraction of sp³-hybridized carbons (Fsp3) is 0.154. The second-order valence-electron chi connectivity index (χ2n) is 8.24. The number of nitrogens with zero attached hydrogens (tertiary/aromatic N) is 1. The first-order valence-corrected chi connectivity index (χ1v) is 10.6. The van der Waals surface area contributed by atoms with Crippen LogP contribution in [0.3, 0.4) is 0 Å². The molecule has 0 N–H and O–H groups in total. The molecule has 3 aromatic carbocycles. The van der Waals surface area contributed by atoms with E-state index in [1.165, 1.54) is 5.56 Å². The van der Waals surface area contributed by atoms with Gasteiger partial charge in [0.05, 0.1) is 16.8 Å². The third-order valence-corrected chi connectivity index (χ3v) is 5.54. The molecule has 0 aliphatic heterocycles. The Labute approximate surface area is 184 Å². The Morgan fingerprint density at radius 3 is 2.23 bits per heavy atom. The topological polar surface area (TPSA) is 39.2 Å². The minimum absolute atomic E-state index is 0.0451. The Hall–Kier alpha value is -2.98. The van der Waals surface area contributed by atoms with Crippen molar-refractivity contribution in [2.45, 2.75) is 26.2 Å². The van der Waals surface area contributed by atoms with Gasteiger partial charge in [0.2, 0.25) is 0 Å². The lowest BCUT2D eigenvalue weighted by Crippen LogP contribution is -2.12. The van der Waals surface area contributed by atoms with Crippen LogP contribution < -0.4 is 4.74 Å². The summed E-state index contributed by atoms with van der Waals surface area (Å²) in [5, 5.41) is 0.773. The fourth-order valence-corrected chi connectivity index (χ4v) is 3.56. The zero-order chi connectivity index (χ0) is 21.3. The molecule has 0 saturated heterocycles. The van der Waals surface area contributed by atoms with Gasteiger partial charge in [-0.2, -0.15) is 0 Å². The molecular formula is C26H22BrNO2. The summed E-state index contributed by atoms with van der Waals surface area (Å²) in [5.41, 5.74) is 4.16. The van der Waals surface area contributed by atoms with Crippen molar-refractivity contribution in [3.8, 4) is 17.0 Å². The number of fused-ring (bicyclic) bond motifs is 1. The third-order valence-electron chi connectivity index (χ3n) is 5.01. The molecule has 4 aromatic rings. The second kappa shape index (κ2) is 8.04. The van der Waals surface area contributed by atoms with Crippen molar-refractivity contribution in [2.24, 2.45) is 0 Å². The summed E-state index contributed by atoms with van der Waals surface area (Å²) in [6.45, 7) is 6.46. The molecule has 0 amide bonds. The number of pyridine rings is 1. The van der Waals surface area contributed by atoms with E-state index in [0.717, 1.165) is 26.6 Å². The predicted octanol–water partition coefficient (Wildman–Crippen LogP) is 7.18. The molecule has 1 aromatic heterocycles. The highest BCUT2D eigenvalue weighted by Crippen LogP contribution is 2.28. The molecular weight excluding hydrogens is 438 g/mol. The van der Waals surface area contributed by atoms with E-state index in [1.807, 2.05) is 72.8 Å². The number of rotatable bonds is 3. The van der Waals surface area contributed by atoms with Crippen LogP contribution in [-0.2, 0) is 5.41 Å². The first-order chi connectivity index (χ1) is 14.3. The van der Waals surface area contributed by atoms with E-state index in [0.29, 0.717) is 11.3 Å². The maximum atomic E-state index is 13.1. The number of carbonyl (C=O) groups excluding carboxylic acids is 1. The van der Waals surface area contributed by atoms with Crippen LogP contribution in [0.25, 0.3) is 22.2 Å². The lowest BCUT2D eigenvalue weighted by atomic mass is 9.87. The molecule has 4 heteroatoms.